The van der Waals surface area contributed by atoms with Gasteiger partial charge in [0.2, 0.25) is 0 Å². The third-order valence-corrected chi connectivity index (χ3v) is 3.48. The topological polar surface area (TPSA) is 63.6 Å². The molecule has 1 aromatic carbocycles. The van der Waals surface area contributed by atoms with E-state index in [0.717, 1.165) is 25.7 Å². The number of ketones is 1. The van der Waals surface area contributed by atoms with Crippen molar-refractivity contribution in [1.82, 2.24) is 0 Å². The summed E-state index contributed by atoms with van der Waals surface area (Å²) in [5, 5.41) is 8.51. The van der Waals surface area contributed by atoms with Gasteiger partial charge in [0.15, 0.2) is 12.4 Å². The largest absolute Gasteiger partial charge is 0.482 e. The Labute approximate surface area is 112 Å². The molecule has 0 bridgehead atoms. The van der Waals surface area contributed by atoms with E-state index < -0.39 is 5.97 Å². The lowest BCUT2D eigenvalue weighted by molar-refractivity contribution is -0.139. The van der Waals surface area contributed by atoms with Crippen molar-refractivity contribution in [3.05, 3.63) is 29.8 Å². The summed E-state index contributed by atoms with van der Waals surface area (Å²) >= 11 is 0. The van der Waals surface area contributed by atoms with Crippen molar-refractivity contribution in [3.8, 4) is 5.75 Å². The van der Waals surface area contributed by atoms with Crippen LogP contribution in [0.4, 0.5) is 0 Å². The van der Waals surface area contributed by atoms with E-state index in [0.29, 0.717) is 11.3 Å². The molecule has 2 rings (SSSR count). The molecular weight excluding hydrogens is 244 g/mol. The summed E-state index contributed by atoms with van der Waals surface area (Å²) in [6.45, 7) is -0.365. The number of hydrogen-bond acceptors (Lipinski definition) is 3. The zero-order chi connectivity index (χ0) is 13.7. The van der Waals surface area contributed by atoms with Gasteiger partial charge in [0.05, 0.1) is 0 Å². The van der Waals surface area contributed by atoms with Crippen LogP contribution in [0.15, 0.2) is 24.3 Å². The van der Waals surface area contributed by atoms with Crippen LogP contribution in [0.5, 0.6) is 5.75 Å². The van der Waals surface area contributed by atoms with Crippen LogP contribution in [0.2, 0.25) is 0 Å². The molecule has 0 amide bonds. The van der Waals surface area contributed by atoms with Gasteiger partial charge in [0.25, 0.3) is 0 Å². The lowest BCUT2D eigenvalue weighted by Gasteiger charge is -2.20. The van der Waals surface area contributed by atoms with Gasteiger partial charge in [-0.05, 0) is 37.1 Å². The average Bonchev–Trinajstić information content (AvgIpc) is 2.46. The maximum absolute atomic E-state index is 12.2. The number of carboxylic acid groups (broad SMARTS) is 1. The Bertz CT molecular complexity index is 444. The summed E-state index contributed by atoms with van der Waals surface area (Å²) in [4.78, 5) is 22.6. The van der Waals surface area contributed by atoms with Crippen LogP contribution in [0.25, 0.3) is 0 Å². The summed E-state index contributed by atoms with van der Waals surface area (Å²) < 4.78 is 5.04. The van der Waals surface area contributed by atoms with Crippen LogP contribution < -0.4 is 4.74 Å². The third-order valence-electron chi connectivity index (χ3n) is 3.48. The molecule has 1 aliphatic rings. The highest BCUT2D eigenvalue weighted by atomic mass is 16.5. The maximum Gasteiger partial charge on any atom is 0.341 e. The minimum Gasteiger partial charge on any atom is -0.482 e. The van der Waals surface area contributed by atoms with E-state index >= 15 is 0 Å². The van der Waals surface area contributed by atoms with Gasteiger partial charge in [0, 0.05) is 11.5 Å². The molecule has 0 unspecified atom stereocenters. The summed E-state index contributed by atoms with van der Waals surface area (Å²) in [7, 11) is 0. The molecule has 0 radical (unpaired) electrons. The summed E-state index contributed by atoms with van der Waals surface area (Å²) in [6.07, 6.45) is 5.46. The van der Waals surface area contributed by atoms with Gasteiger partial charge in [0.1, 0.15) is 5.75 Å². The predicted octanol–water partition coefficient (Wildman–Crippen LogP) is 2.91. The highest BCUT2D eigenvalue weighted by Gasteiger charge is 2.22. The second-order valence-electron chi connectivity index (χ2n) is 4.91. The van der Waals surface area contributed by atoms with E-state index in [4.69, 9.17) is 9.84 Å². The van der Waals surface area contributed by atoms with Crippen LogP contribution in [-0.2, 0) is 4.79 Å². The van der Waals surface area contributed by atoms with Crippen molar-refractivity contribution in [1.29, 1.82) is 0 Å². The first-order chi connectivity index (χ1) is 9.16. The number of carbonyl (C=O) groups excluding carboxylic acids is 1. The van der Waals surface area contributed by atoms with Gasteiger partial charge in [-0.25, -0.2) is 4.79 Å². The molecule has 4 nitrogen and oxygen atoms in total. The fraction of sp³-hybridized carbons (Fsp3) is 0.467. The molecule has 4 heteroatoms. The van der Waals surface area contributed by atoms with Crippen molar-refractivity contribution in [2.75, 3.05) is 6.61 Å². The van der Waals surface area contributed by atoms with E-state index in [1.807, 2.05) is 0 Å². The lowest BCUT2D eigenvalue weighted by Crippen LogP contribution is -2.17. The van der Waals surface area contributed by atoms with Crippen LogP contribution in [0.1, 0.15) is 42.5 Å². The number of carbonyl (C=O) groups is 2. The van der Waals surface area contributed by atoms with E-state index in [2.05, 4.69) is 0 Å². The Balaban J connectivity index is 1.97. The van der Waals surface area contributed by atoms with Gasteiger partial charge < -0.3 is 9.84 Å². The molecule has 0 saturated heterocycles. The van der Waals surface area contributed by atoms with E-state index in [1.54, 1.807) is 24.3 Å². The van der Waals surface area contributed by atoms with Crippen LogP contribution in [-0.4, -0.2) is 23.5 Å². The Hall–Kier alpha value is -1.84. The van der Waals surface area contributed by atoms with E-state index in [1.165, 1.54) is 6.42 Å². The number of Topliss-reactive ketones (excluding diaryl/α,β-unsaturated/α-hetero) is 1. The fourth-order valence-electron chi connectivity index (χ4n) is 2.46. The standard InChI is InChI=1S/C15H18O4/c16-14(17)10-19-13-8-6-12(7-9-13)15(18)11-4-2-1-3-5-11/h6-9,11H,1-5,10H2,(H,16,17). The van der Waals surface area contributed by atoms with Gasteiger partial charge in [-0.15, -0.1) is 0 Å². The quantitative estimate of drug-likeness (QED) is 0.829. The van der Waals surface area contributed by atoms with Gasteiger partial charge >= 0.3 is 5.97 Å². The SMILES string of the molecule is O=C(O)COc1ccc(C(=O)C2CCCCC2)cc1. The zero-order valence-corrected chi connectivity index (χ0v) is 10.8. The van der Waals surface area contributed by atoms with Crippen LogP contribution in [0, 0.1) is 5.92 Å². The molecule has 1 fully saturated rings. The average molecular weight is 262 g/mol. The monoisotopic (exact) mass is 262 g/mol. The normalized spacial score (nSPS) is 16.0. The number of rotatable bonds is 5. The summed E-state index contributed by atoms with van der Waals surface area (Å²) in [6, 6.07) is 6.74. The Morgan fingerprint density at radius 3 is 2.32 bits per heavy atom. The zero-order valence-electron chi connectivity index (χ0n) is 10.8. The Morgan fingerprint density at radius 2 is 1.74 bits per heavy atom. The minimum atomic E-state index is -1.01. The molecule has 0 spiro atoms. The molecule has 1 saturated carbocycles. The first kappa shape index (κ1) is 13.6. The number of hydrogen-bond donors (Lipinski definition) is 1. The minimum absolute atomic E-state index is 0.152. The molecule has 0 aliphatic heterocycles. The Kier molecular flexibility index (Phi) is 4.55. The molecule has 0 heterocycles. The Morgan fingerprint density at radius 1 is 1.11 bits per heavy atom. The number of aliphatic carboxylic acids is 1. The highest BCUT2D eigenvalue weighted by molar-refractivity contribution is 5.98. The number of ether oxygens (including phenoxy) is 1. The van der Waals surface area contributed by atoms with Crippen LogP contribution >= 0.6 is 0 Å². The molecule has 1 aliphatic carbocycles. The van der Waals surface area contributed by atoms with Crippen molar-refractivity contribution in [2.45, 2.75) is 32.1 Å². The molecule has 0 aromatic heterocycles. The van der Waals surface area contributed by atoms with Gasteiger partial charge in [-0.2, -0.15) is 0 Å². The van der Waals surface area contributed by atoms with Crippen molar-refractivity contribution in [3.63, 3.8) is 0 Å². The second-order valence-corrected chi connectivity index (χ2v) is 4.91. The smallest absolute Gasteiger partial charge is 0.341 e. The summed E-state index contributed by atoms with van der Waals surface area (Å²) in [5.74, 6) is -0.186. The van der Waals surface area contributed by atoms with Crippen molar-refractivity contribution in [2.24, 2.45) is 5.92 Å². The first-order valence-electron chi connectivity index (χ1n) is 6.65. The fourth-order valence-corrected chi connectivity index (χ4v) is 2.46. The third kappa shape index (κ3) is 3.81. The van der Waals surface area contributed by atoms with Gasteiger partial charge in [-0.1, -0.05) is 19.3 Å². The highest BCUT2D eigenvalue weighted by Crippen LogP contribution is 2.27. The molecule has 1 aromatic rings. The van der Waals surface area contributed by atoms with E-state index in [-0.39, 0.29) is 18.3 Å². The van der Waals surface area contributed by atoms with Crippen molar-refractivity contribution >= 4 is 11.8 Å². The maximum atomic E-state index is 12.2. The molecule has 1 N–H and O–H groups in total. The lowest BCUT2D eigenvalue weighted by atomic mass is 9.84. The molecule has 19 heavy (non-hydrogen) atoms. The second kappa shape index (κ2) is 6.36. The molecular formula is C15H18O4. The van der Waals surface area contributed by atoms with Crippen molar-refractivity contribution < 1.29 is 19.4 Å². The summed E-state index contributed by atoms with van der Waals surface area (Å²) in [5.41, 5.74) is 0.689. The molecule has 102 valence electrons. The van der Waals surface area contributed by atoms with Crippen LogP contribution in [0.3, 0.4) is 0 Å². The number of benzene rings is 1. The predicted molar refractivity (Wildman–Crippen MR) is 70.5 cm³/mol. The molecule has 0 atom stereocenters. The van der Waals surface area contributed by atoms with E-state index in [9.17, 15) is 9.59 Å². The first-order valence-corrected chi connectivity index (χ1v) is 6.65. The van der Waals surface area contributed by atoms with Gasteiger partial charge in [-0.3, -0.25) is 4.79 Å². The number of carboxylic acids is 1.